The van der Waals surface area contributed by atoms with E-state index in [2.05, 4.69) is 24.8 Å². The van der Waals surface area contributed by atoms with Gasteiger partial charge < -0.3 is 29.0 Å². The van der Waals surface area contributed by atoms with Gasteiger partial charge in [-0.3, -0.25) is 4.90 Å². The lowest BCUT2D eigenvalue weighted by Gasteiger charge is -2.39. The molecule has 0 spiro atoms. The lowest BCUT2D eigenvalue weighted by atomic mass is 9.84. The van der Waals surface area contributed by atoms with Gasteiger partial charge in [-0.1, -0.05) is 26.0 Å². The van der Waals surface area contributed by atoms with Gasteiger partial charge in [0.05, 0.1) is 19.8 Å². The maximum absolute atomic E-state index is 13.0. The van der Waals surface area contributed by atoms with Crippen molar-refractivity contribution < 1.29 is 28.8 Å². The zero-order valence-electron chi connectivity index (χ0n) is 25.3. The van der Waals surface area contributed by atoms with Crippen molar-refractivity contribution in [3.05, 3.63) is 53.6 Å². The van der Waals surface area contributed by atoms with Crippen molar-refractivity contribution >= 4 is 11.8 Å². The summed E-state index contributed by atoms with van der Waals surface area (Å²) >= 11 is 0. The molecule has 2 fully saturated rings. The second-order valence-corrected chi connectivity index (χ2v) is 13.2. The average Bonchev–Trinajstić information content (AvgIpc) is 3.19. The van der Waals surface area contributed by atoms with Crippen LogP contribution in [0, 0.1) is 5.41 Å². The molecular weight excluding hydrogens is 508 g/mol. The number of carbonyl (C=O) groups excluding carboxylic acids is 1. The second-order valence-electron chi connectivity index (χ2n) is 13.2. The van der Waals surface area contributed by atoms with E-state index in [0.29, 0.717) is 29.2 Å². The van der Waals surface area contributed by atoms with E-state index in [1.54, 1.807) is 12.0 Å². The summed E-state index contributed by atoms with van der Waals surface area (Å²) in [6, 6.07) is 13.1. The highest BCUT2D eigenvalue weighted by atomic mass is 16.6. The van der Waals surface area contributed by atoms with Crippen molar-refractivity contribution in [1.82, 2.24) is 4.90 Å². The molecule has 8 heteroatoms. The molecule has 2 unspecified atom stereocenters. The summed E-state index contributed by atoms with van der Waals surface area (Å²) in [5.74, 6) is 1.23. The van der Waals surface area contributed by atoms with Gasteiger partial charge in [0, 0.05) is 24.3 Å². The first-order chi connectivity index (χ1) is 18.7. The van der Waals surface area contributed by atoms with Crippen LogP contribution in [0.4, 0.5) is 10.5 Å². The van der Waals surface area contributed by atoms with Crippen LogP contribution in [0.5, 0.6) is 11.5 Å². The molecule has 8 nitrogen and oxygen atoms in total. The molecule has 0 radical (unpaired) electrons. The number of amides is 1. The van der Waals surface area contributed by atoms with E-state index < -0.39 is 23.5 Å². The summed E-state index contributed by atoms with van der Waals surface area (Å²) in [5, 5.41) is 11.5. The maximum Gasteiger partial charge on any atom is 0.413 e. The number of nitrogens with zero attached hydrogens (tertiary/aromatic N) is 2. The molecule has 2 aliphatic rings. The van der Waals surface area contributed by atoms with Crippen LogP contribution in [-0.2, 0) is 9.47 Å². The minimum absolute atomic E-state index is 0.228. The van der Waals surface area contributed by atoms with Gasteiger partial charge in [0.15, 0.2) is 0 Å². The van der Waals surface area contributed by atoms with Crippen LogP contribution in [0.3, 0.4) is 0 Å². The number of methoxy groups -OCH3 is 1. The summed E-state index contributed by atoms with van der Waals surface area (Å²) in [5.41, 5.74) is 1.32. The van der Waals surface area contributed by atoms with E-state index in [1.165, 1.54) is 6.42 Å². The Hall–Kier alpha value is -2.97. The van der Waals surface area contributed by atoms with E-state index in [9.17, 15) is 9.90 Å². The molecular formula is C32H46N2O6. The minimum Gasteiger partial charge on any atom is -0.496 e. The highest BCUT2D eigenvalue weighted by Gasteiger charge is 2.46. The predicted molar refractivity (Wildman–Crippen MR) is 156 cm³/mol. The standard InChI is InChI=1S/C32H46N2O6/c1-30(2,3)40-29(36)34-24(20-39-32(34,6)7)19-38-25-12-9-11-22(17-25)28(35)26-18-23(13-14-27(26)37-8)33-16-10-15-31(4,5)21-33/h9,11-14,17-18,24,28,35H,10,15-16,19-21H2,1-8H3. The second kappa shape index (κ2) is 11.5. The molecule has 4 rings (SSSR count). The summed E-state index contributed by atoms with van der Waals surface area (Å²) < 4.78 is 23.3. The Morgan fingerprint density at radius 3 is 2.58 bits per heavy atom. The summed E-state index contributed by atoms with van der Waals surface area (Å²) in [6.07, 6.45) is 1.02. The van der Waals surface area contributed by atoms with Gasteiger partial charge in [-0.2, -0.15) is 0 Å². The highest BCUT2D eigenvalue weighted by Crippen LogP contribution is 2.37. The van der Waals surface area contributed by atoms with Crippen LogP contribution in [0.2, 0.25) is 0 Å². The van der Waals surface area contributed by atoms with E-state index in [1.807, 2.05) is 71.0 Å². The summed E-state index contributed by atoms with van der Waals surface area (Å²) in [4.78, 5) is 17.0. The summed E-state index contributed by atoms with van der Waals surface area (Å²) in [6.45, 7) is 16.4. The van der Waals surface area contributed by atoms with E-state index in [4.69, 9.17) is 18.9 Å². The van der Waals surface area contributed by atoms with Crippen molar-refractivity contribution in [3.63, 3.8) is 0 Å². The highest BCUT2D eigenvalue weighted by molar-refractivity contribution is 5.69. The molecule has 0 aromatic heterocycles. The van der Waals surface area contributed by atoms with E-state index in [0.717, 1.165) is 25.2 Å². The number of anilines is 1. The number of aliphatic hydroxyl groups excluding tert-OH is 1. The fraction of sp³-hybridized carbons (Fsp3) is 0.594. The normalized spacial score (nSPS) is 21.2. The van der Waals surface area contributed by atoms with Crippen molar-refractivity contribution in [1.29, 1.82) is 0 Å². The molecule has 2 aliphatic heterocycles. The van der Waals surface area contributed by atoms with Gasteiger partial charge in [-0.15, -0.1) is 0 Å². The molecule has 2 aromatic carbocycles. The number of hydrogen-bond donors (Lipinski definition) is 1. The number of piperidine rings is 1. The van der Waals surface area contributed by atoms with Gasteiger partial charge in [0.2, 0.25) is 0 Å². The van der Waals surface area contributed by atoms with Crippen LogP contribution in [-0.4, -0.2) is 66.9 Å². The zero-order valence-corrected chi connectivity index (χ0v) is 25.3. The fourth-order valence-electron chi connectivity index (χ4n) is 5.61. The number of hydrogen-bond acceptors (Lipinski definition) is 7. The third kappa shape index (κ3) is 7.02. The van der Waals surface area contributed by atoms with Gasteiger partial charge in [0.25, 0.3) is 0 Å². The number of carbonyl (C=O) groups is 1. The first-order valence-corrected chi connectivity index (χ1v) is 14.2. The monoisotopic (exact) mass is 554 g/mol. The SMILES string of the molecule is COc1ccc(N2CCCC(C)(C)C2)cc1C(O)c1cccc(OCC2COC(C)(C)N2C(=O)OC(C)(C)C)c1. The van der Waals surface area contributed by atoms with E-state index in [-0.39, 0.29) is 18.1 Å². The Kier molecular flexibility index (Phi) is 8.62. The lowest BCUT2D eigenvalue weighted by molar-refractivity contribution is -0.0637. The predicted octanol–water partition coefficient (Wildman–Crippen LogP) is 6.15. The molecule has 0 bridgehead atoms. The van der Waals surface area contributed by atoms with Gasteiger partial charge in [-0.05, 0) is 88.8 Å². The molecule has 2 heterocycles. The topological polar surface area (TPSA) is 80.7 Å². The number of aliphatic hydroxyl groups is 1. The maximum atomic E-state index is 13.0. The van der Waals surface area contributed by atoms with Crippen molar-refractivity contribution in [2.45, 2.75) is 84.8 Å². The zero-order chi connectivity index (χ0) is 29.3. The molecule has 40 heavy (non-hydrogen) atoms. The number of ether oxygens (including phenoxy) is 4. The molecule has 1 N–H and O–H groups in total. The molecule has 2 saturated heterocycles. The van der Waals surface area contributed by atoms with Crippen molar-refractivity contribution in [2.24, 2.45) is 5.41 Å². The van der Waals surface area contributed by atoms with Gasteiger partial charge in [-0.25, -0.2) is 4.79 Å². The Labute approximate surface area is 239 Å². The number of benzene rings is 2. The molecule has 2 atom stereocenters. The largest absolute Gasteiger partial charge is 0.496 e. The van der Waals surface area contributed by atoms with Crippen LogP contribution in [0.1, 0.15) is 78.5 Å². The van der Waals surface area contributed by atoms with Crippen molar-refractivity contribution in [2.75, 3.05) is 38.3 Å². The molecule has 2 aromatic rings. The Balaban J connectivity index is 1.50. The number of rotatable bonds is 7. The van der Waals surface area contributed by atoms with E-state index >= 15 is 0 Å². The third-order valence-corrected chi connectivity index (χ3v) is 7.55. The smallest absolute Gasteiger partial charge is 0.413 e. The molecule has 0 aliphatic carbocycles. The first kappa shape index (κ1) is 30.0. The average molecular weight is 555 g/mol. The van der Waals surface area contributed by atoms with Crippen molar-refractivity contribution in [3.8, 4) is 11.5 Å². The van der Waals surface area contributed by atoms with Crippen LogP contribution in [0.15, 0.2) is 42.5 Å². The molecule has 220 valence electrons. The summed E-state index contributed by atoms with van der Waals surface area (Å²) in [7, 11) is 1.62. The van der Waals surface area contributed by atoms with Crippen LogP contribution >= 0.6 is 0 Å². The van der Waals surface area contributed by atoms with Gasteiger partial charge >= 0.3 is 6.09 Å². The Morgan fingerprint density at radius 2 is 1.90 bits per heavy atom. The molecule has 0 saturated carbocycles. The quantitative estimate of drug-likeness (QED) is 0.439. The van der Waals surface area contributed by atoms with Gasteiger partial charge in [0.1, 0.15) is 35.5 Å². The molecule has 1 amide bonds. The third-order valence-electron chi connectivity index (χ3n) is 7.55. The van der Waals surface area contributed by atoms with Crippen LogP contribution < -0.4 is 14.4 Å². The fourth-order valence-corrected chi connectivity index (χ4v) is 5.61. The Bertz CT molecular complexity index is 1190. The lowest BCUT2D eigenvalue weighted by Crippen LogP contribution is -2.51. The first-order valence-electron chi connectivity index (χ1n) is 14.2. The van der Waals surface area contributed by atoms with Crippen LogP contribution in [0.25, 0.3) is 0 Å². The minimum atomic E-state index is -0.900. The Morgan fingerprint density at radius 1 is 1.15 bits per heavy atom.